The zero-order chi connectivity index (χ0) is 21.0. The summed E-state index contributed by atoms with van der Waals surface area (Å²) in [6.45, 7) is 9.89. The fourth-order valence-corrected chi connectivity index (χ4v) is 4.46. The number of hydrogen-bond donors (Lipinski definition) is 1. The molecule has 0 saturated heterocycles. The van der Waals surface area contributed by atoms with Crippen LogP contribution in [0.25, 0.3) is 17.0 Å². The fourth-order valence-electron chi connectivity index (χ4n) is 4.46. The van der Waals surface area contributed by atoms with Gasteiger partial charge in [0.05, 0.1) is 35.8 Å². The first-order chi connectivity index (χ1) is 14.4. The van der Waals surface area contributed by atoms with E-state index in [1.165, 1.54) is 18.2 Å². The van der Waals surface area contributed by atoms with E-state index >= 15 is 0 Å². The molecule has 158 valence electrons. The molecule has 1 fully saturated rings. The van der Waals surface area contributed by atoms with Gasteiger partial charge in [-0.15, -0.1) is 0 Å². The predicted molar refractivity (Wildman–Crippen MR) is 115 cm³/mol. The summed E-state index contributed by atoms with van der Waals surface area (Å²) in [6.07, 6.45) is 6.82. The first-order valence-corrected chi connectivity index (χ1v) is 10.4. The first kappa shape index (κ1) is 19.0. The minimum atomic E-state index is -0.607. The van der Waals surface area contributed by atoms with Crippen LogP contribution in [0, 0.1) is 17.0 Å². The Morgan fingerprint density at radius 3 is 2.67 bits per heavy atom. The van der Waals surface area contributed by atoms with E-state index in [2.05, 4.69) is 35.7 Å². The number of halogens is 2. The Bertz CT molecular complexity index is 1110. The van der Waals surface area contributed by atoms with E-state index in [-0.39, 0.29) is 12.4 Å². The van der Waals surface area contributed by atoms with Gasteiger partial charge in [0, 0.05) is 24.6 Å². The summed E-state index contributed by atoms with van der Waals surface area (Å²) < 4.78 is 31.1. The zero-order valence-electron chi connectivity index (χ0n) is 17.3. The molecule has 1 N–H and O–H groups in total. The first-order valence-electron chi connectivity index (χ1n) is 10.4. The molecule has 2 aromatic heterocycles. The lowest BCUT2D eigenvalue weighted by atomic mass is 9.95. The third-order valence-corrected chi connectivity index (χ3v) is 6.66. The van der Waals surface area contributed by atoms with Crippen LogP contribution >= 0.6 is 0 Å². The van der Waals surface area contributed by atoms with E-state index in [1.807, 2.05) is 22.0 Å². The van der Waals surface area contributed by atoms with Crippen molar-refractivity contribution in [2.24, 2.45) is 5.41 Å². The molecule has 2 aliphatic rings. The Morgan fingerprint density at radius 1 is 1.27 bits per heavy atom. The minimum Gasteiger partial charge on any atom is -0.325 e. The lowest BCUT2D eigenvalue weighted by Crippen LogP contribution is -2.39. The Hall–Kier alpha value is -2.96. The lowest BCUT2D eigenvalue weighted by molar-refractivity contribution is 0.375. The van der Waals surface area contributed by atoms with Gasteiger partial charge in [-0.3, -0.25) is 5.10 Å². The number of H-pyrrole nitrogens is 1. The van der Waals surface area contributed by atoms with Crippen LogP contribution in [0.1, 0.15) is 51.6 Å². The standard InChI is InChI=1S/C23H25F2N5.H2/c1-4-14(2)16-10-26-28-21(16)17-11-27-30-13-23(8-9-23)12-29(22(17)30)15(3)20-18(24)6-5-7-19(20)25;/h5-7,10-11,14H,3-4,8-9,12-13H2,1-2H3,(H,26,28);1H. The van der Waals surface area contributed by atoms with Crippen molar-refractivity contribution in [2.75, 3.05) is 11.4 Å². The molecule has 30 heavy (non-hydrogen) atoms. The molecule has 1 saturated carbocycles. The molecule has 1 unspecified atom stereocenters. The predicted octanol–water partition coefficient (Wildman–Crippen LogP) is 5.58. The molecule has 1 aliphatic carbocycles. The molecule has 0 amide bonds. The maximum Gasteiger partial charge on any atom is 0.140 e. The van der Waals surface area contributed by atoms with Crippen molar-refractivity contribution >= 4 is 11.5 Å². The Labute approximate surface area is 175 Å². The number of hydrogen-bond acceptors (Lipinski definition) is 3. The molecular weight excluding hydrogens is 384 g/mol. The van der Waals surface area contributed by atoms with Crippen LogP contribution < -0.4 is 4.90 Å². The SMILES string of the molecule is C=C(c1c(F)cccc1F)N1CC2(CC2)Cn2ncc(-c3[nH]ncc3C(C)CC)c21.[HH]. The molecule has 3 heterocycles. The molecule has 1 atom stereocenters. The van der Waals surface area contributed by atoms with Gasteiger partial charge < -0.3 is 4.90 Å². The second-order valence-electron chi connectivity index (χ2n) is 8.68. The van der Waals surface area contributed by atoms with Gasteiger partial charge >= 0.3 is 0 Å². The molecule has 0 bridgehead atoms. The maximum atomic E-state index is 14.6. The summed E-state index contributed by atoms with van der Waals surface area (Å²) in [4.78, 5) is 1.95. The van der Waals surface area contributed by atoms with E-state index < -0.39 is 11.6 Å². The van der Waals surface area contributed by atoms with Crippen LogP contribution in [0.2, 0.25) is 0 Å². The summed E-state index contributed by atoms with van der Waals surface area (Å²) in [6, 6.07) is 3.92. The van der Waals surface area contributed by atoms with Gasteiger partial charge in [0.25, 0.3) is 0 Å². The van der Waals surface area contributed by atoms with Crippen molar-refractivity contribution in [1.29, 1.82) is 0 Å². The highest BCUT2D eigenvalue weighted by Crippen LogP contribution is 2.54. The van der Waals surface area contributed by atoms with E-state index in [9.17, 15) is 8.78 Å². The van der Waals surface area contributed by atoms with E-state index in [0.29, 0.717) is 18.2 Å². The third-order valence-electron chi connectivity index (χ3n) is 6.66. The number of benzene rings is 1. The highest BCUT2D eigenvalue weighted by molar-refractivity contribution is 5.86. The van der Waals surface area contributed by atoms with Crippen LogP contribution in [0.4, 0.5) is 14.6 Å². The number of aromatic nitrogens is 4. The second-order valence-corrected chi connectivity index (χ2v) is 8.68. The van der Waals surface area contributed by atoms with Crippen molar-refractivity contribution in [3.05, 3.63) is 59.9 Å². The van der Waals surface area contributed by atoms with Crippen LogP contribution in [0.3, 0.4) is 0 Å². The molecule has 1 aromatic carbocycles. The summed E-state index contributed by atoms with van der Waals surface area (Å²) in [5, 5.41) is 12.0. The molecule has 3 aromatic rings. The second kappa shape index (κ2) is 6.79. The smallest absolute Gasteiger partial charge is 0.140 e. The molecule has 1 spiro atoms. The summed E-state index contributed by atoms with van der Waals surface area (Å²) in [7, 11) is 0. The van der Waals surface area contributed by atoms with Crippen LogP contribution in [-0.2, 0) is 6.54 Å². The van der Waals surface area contributed by atoms with Gasteiger partial charge in [-0.05, 0) is 37.3 Å². The van der Waals surface area contributed by atoms with E-state index in [0.717, 1.165) is 48.4 Å². The highest BCUT2D eigenvalue weighted by atomic mass is 19.1. The highest BCUT2D eigenvalue weighted by Gasteiger charge is 2.49. The number of fused-ring (bicyclic) bond motifs is 1. The summed E-state index contributed by atoms with van der Waals surface area (Å²) in [5.41, 5.74) is 3.24. The average molecular weight is 412 g/mol. The zero-order valence-corrected chi connectivity index (χ0v) is 17.3. The van der Waals surface area contributed by atoms with Gasteiger partial charge in [0.2, 0.25) is 0 Å². The van der Waals surface area contributed by atoms with Gasteiger partial charge in [-0.25, -0.2) is 13.5 Å². The van der Waals surface area contributed by atoms with Crippen molar-refractivity contribution in [1.82, 2.24) is 20.0 Å². The van der Waals surface area contributed by atoms with Crippen LogP contribution in [0.15, 0.2) is 37.2 Å². The monoisotopic (exact) mass is 411 g/mol. The molecular formula is C23H27F2N5. The molecule has 1 aliphatic heterocycles. The molecule has 5 rings (SSSR count). The number of anilines is 1. The average Bonchev–Trinajstić information content (AvgIpc) is 3.13. The Balaban J connectivity index is 0.00000231. The van der Waals surface area contributed by atoms with Crippen LogP contribution in [0.5, 0.6) is 0 Å². The Kier molecular flexibility index (Phi) is 4.31. The largest absolute Gasteiger partial charge is 0.325 e. The molecule has 0 radical (unpaired) electrons. The van der Waals surface area contributed by atoms with E-state index in [4.69, 9.17) is 0 Å². The number of rotatable bonds is 5. The number of aromatic amines is 1. The van der Waals surface area contributed by atoms with Crippen molar-refractivity contribution in [3.63, 3.8) is 0 Å². The van der Waals surface area contributed by atoms with Crippen molar-refractivity contribution in [2.45, 2.75) is 45.6 Å². The molecule has 5 nitrogen and oxygen atoms in total. The van der Waals surface area contributed by atoms with Crippen LogP contribution in [-0.4, -0.2) is 26.5 Å². The molecule has 7 heteroatoms. The fraction of sp³-hybridized carbons (Fsp3) is 0.391. The minimum absolute atomic E-state index is 0. The lowest BCUT2D eigenvalue weighted by Gasteiger charge is -2.37. The van der Waals surface area contributed by atoms with Gasteiger partial charge in [0.1, 0.15) is 17.5 Å². The number of nitrogens with zero attached hydrogens (tertiary/aromatic N) is 4. The summed E-state index contributed by atoms with van der Waals surface area (Å²) in [5.74, 6) is -0.0722. The van der Waals surface area contributed by atoms with Gasteiger partial charge in [0.15, 0.2) is 0 Å². The normalized spacial score (nSPS) is 17.8. The van der Waals surface area contributed by atoms with Crippen molar-refractivity contribution < 1.29 is 10.2 Å². The topological polar surface area (TPSA) is 49.7 Å². The number of nitrogens with one attached hydrogen (secondary N) is 1. The third kappa shape index (κ3) is 2.87. The van der Waals surface area contributed by atoms with Crippen molar-refractivity contribution in [3.8, 4) is 11.3 Å². The van der Waals surface area contributed by atoms with E-state index in [1.54, 1.807) is 0 Å². The Morgan fingerprint density at radius 2 is 2.00 bits per heavy atom. The quantitative estimate of drug-likeness (QED) is 0.596. The van der Waals surface area contributed by atoms with Gasteiger partial charge in [-0.2, -0.15) is 10.2 Å². The van der Waals surface area contributed by atoms with Gasteiger partial charge in [-0.1, -0.05) is 26.5 Å². The summed E-state index contributed by atoms with van der Waals surface area (Å²) >= 11 is 0. The maximum absolute atomic E-state index is 14.6.